The number of amides is 1. The zero-order valence-corrected chi connectivity index (χ0v) is 13.6. The molecule has 3 aromatic rings. The Bertz CT molecular complexity index is 974. The highest BCUT2D eigenvalue weighted by molar-refractivity contribution is 7.13. The quantitative estimate of drug-likeness (QED) is 0.746. The minimum Gasteiger partial charge on any atom is -0.508 e. The number of aliphatic imine (C=N–C) groups is 1. The average molecular weight is 335 g/mol. The van der Waals surface area contributed by atoms with Crippen molar-refractivity contribution >= 4 is 33.8 Å². The van der Waals surface area contributed by atoms with Crippen molar-refractivity contribution in [3.63, 3.8) is 0 Å². The lowest BCUT2D eigenvalue weighted by Gasteiger charge is -1.98. The molecule has 0 spiro atoms. The second-order valence-corrected chi connectivity index (χ2v) is 6.36. The van der Waals surface area contributed by atoms with Crippen LogP contribution in [0, 0.1) is 6.92 Å². The van der Waals surface area contributed by atoms with Gasteiger partial charge < -0.3 is 10.4 Å². The van der Waals surface area contributed by atoms with Gasteiger partial charge in [-0.25, -0.2) is 9.98 Å². The molecule has 1 aromatic heterocycles. The molecule has 4 rings (SSSR count). The predicted octanol–water partition coefficient (Wildman–Crippen LogP) is 3.90. The van der Waals surface area contributed by atoms with Crippen LogP contribution in [0.2, 0.25) is 0 Å². The van der Waals surface area contributed by atoms with Gasteiger partial charge in [0.1, 0.15) is 11.5 Å². The molecule has 1 amide bonds. The molecule has 24 heavy (non-hydrogen) atoms. The highest BCUT2D eigenvalue weighted by Gasteiger charge is 2.26. The first-order valence-electron chi connectivity index (χ1n) is 7.36. The second kappa shape index (κ2) is 5.58. The number of carbonyl (C=O) groups is 1. The fourth-order valence-corrected chi connectivity index (χ4v) is 3.25. The number of rotatable bonds is 2. The molecule has 0 bridgehead atoms. The molecule has 0 unspecified atom stereocenters. The number of phenolic OH excluding ortho intramolecular Hbond substituents is 1. The molecular formula is C18H13N3O2S. The van der Waals surface area contributed by atoms with Crippen LogP contribution in [0.4, 0.5) is 10.8 Å². The van der Waals surface area contributed by atoms with Gasteiger partial charge in [-0.15, -0.1) is 11.3 Å². The summed E-state index contributed by atoms with van der Waals surface area (Å²) >= 11 is 1.38. The second-order valence-electron chi connectivity index (χ2n) is 5.53. The van der Waals surface area contributed by atoms with E-state index in [9.17, 15) is 9.90 Å². The largest absolute Gasteiger partial charge is 0.508 e. The Labute approximate surface area is 142 Å². The van der Waals surface area contributed by atoms with E-state index < -0.39 is 0 Å². The zero-order chi connectivity index (χ0) is 16.7. The summed E-state index contributed by atoms with van der Waals surface area (Å²) in [6.45, 7) is 1.98. The van der Waals surface area contributed by atoms with Crippen molar-refractivity contribution in [3.05, 3.63) is 59.0 Å². The number of anilines is 1. The molecule has 0 radical (unpaired) electrons. The third-order valence-corrected chi connectivity index (χ3v) is 4.49. The molecule has 0 saturated heterocycles. The molecular weight excluding hydrogens is 322 g/mol. The Hall–Kier alpha value is -2.99. The van der Waals surface area contributed by atoms with Gasteiger partial charge in [0.05, 0.1) is 11.4 Å². The van der Waals surface area contributed by atoms with Crippen molar-refractivity contribution in [2.24, 2.45) is 4.99 Å². The van der Waals surface area contributed by atoms with E-state index in [1.807, 2.05) is 30.5 Å². The van der Waals surface area contributed by atoms with Gasteiger partial charge in [-0.2, -0.15) is 0 Å². The van der Waals surface area contributed by atoms with Gasteiger partial charge in [0.2, 0.25) is 5.13 Å². The fraction of sp³-hybridized carbons (Fsp3) is 0.0556. The number of fused-ring (bicyclic) bond motifs is 1. The first kappa shape index (κ1) is 14.6. The lowest BCUT2D eigenvalue weighted by atomic mass is 10.1. The number of nitrogens with one attached hydrogen (secondary N) is 1. The van der Waals surface area contributed by atoms with Crippen LogP contribution < -0.4 is 5.32 Å². The summed E-state index contributed by atoms with van der Waals surface area (Å²) in [6, 6.07) is 12.6. The summed E-state index contributed by atoms with van der Waals surface area (Å²) in [7, 11) is 0. The van der Waals surface area contributed by atoms with Crippen molar-refractivity contribution in [2.75, 3.05) is 5.32 Å². The number of nitrogens with zero attached hydrogens (tertiary/aromatic N) is 2. The van der Waals surface area contributed by atoms with Gasteiger partial charge in [0.15, 0.2) is 0 Å². The van der Waals surface area contributed by atoms with Crippen molar-refractivity contribution in [2.45, 2.75) is 6.92 Å². The van der Waals surface area contributed by atoms with Gasteiger partial charge in [0.25, 0.3) is 5.91 Å². The Morgan fingerprint density at radius 2 is 1.96 bits per heavy atom. The van der Waals surface area contributed by atoms with Crippen LogP contribution >= 0.6 is 11.3 Å². The molecule has 2 N–H and O–H groups in total. The van der Waals surface area contributed by atoms with Crippen LogP contribution in [0.3, 0.4) is 0 Å². The maximum atomic E-state index is 12.2. The van der Waals surface area contributed by atoms with E-state index in [0.29, 0.717) is 10.8 Å². The summed E-state index contributed by atoms with van der Waals surface area (Å²) in [6.07, 6.45) is 0. The van der Waals surface area contributed by atoms with E-state index in [1.165, 1.54) is 11.3 Å². The molecule has 1 aliphatic heterocycles. The van der Waals surface area contributed by atoms with E-state index in [1.54, 1.807) is 24.3 Å². The molecule has 0 saturated carbocycles. The molecule has 2 aromatic carbocycles. The number of phenols is 1. The highest BCUT2D eigenvalue weighted by atomic mass is 32.1. The first-order chi connectivity index (χ1) is 11.6. The van der Waals surface area contributed by atoms with E-state index >= 15 is 0 Å². The Balaban J connectivity index is 1.71. The summed E-state index contributed by atoms with van der Waals surface area (Å²) < 4.78 is 0. The van der Waals surface area contributed by atoms with Crippen LogP contribution in [0.15, 0.2) is 52.8 Å². The zero-order valence-electron chi connectivity index (χ0n) is 12.8. The van der Waals surface area contributed by atoms with Crippen LogP contribution in [0.1, 0.15) is 11.1 Å². The average Bonchev–Trinajstić information content (AvgIpc) is 3.14. The number of aromatic hydroxyl groups is 1. The topological polar surface area (TPSA) is 74.6 Å². The van der Waals surface area contributed by atoms with Gasteiger partial charge in [-0.05, 0) is 43.3 Å². The van der Waals surface area contributed by atoms with E-state index in [4.69, 9.17) is 0 Å². The van der Waals surface area contributed by atoms with E-state index in [0.717, 1.165) is 28.1 Å². The number of aromatic nitrogens is 1. The van der Waals surface area contributed by atoms with E-state index in [-0.39, 0.29) is 11.7 Å². The van der Waals surface area contributed by atoms with Crippen LogP contribution in [-0.4, -0.2) is 21.7 Å². The minimum atomic E-state index is -0.211. The van der Waals surface area contributed by atoms with Crippen molar-refractivity contribution in [1.29, 1.82) is 0 Å². The van der Waals surface area contributed by atoms with Crippen LogP contribution in [0.5, 0.6) is 5.75 Å². The van der Waals surface area contributed by atoms with Gasteiger partial charge >= 0.3 is 0 Å². The van der Waals surface area contributed by atoms with Gasteiger partial charge in [0, 0.05) is 16.5 Å². The number of hydrogen-bond acceptors (Lipinski definition) is 5. The Morgan fingerprint density at radius 1 is 1.17 bits per heavy atom. The summed E-state index contributed by atoms with van der Waals surface area (Å²) in [5.74, 6) is 0.000957. The standard InChI is InChI=1S/C18H13N3O2S/c1-10-2-7-14-13(8-10)16(17(23)19-14)21-18-20-15(9-24-18)11-3-5-12(22)6-4-11/h2-9,22H,1H3,(H,19,20,21,23). The Morgan fingerprint density at radius 3 is 2.75 bits per heavy atom. The number of benzene rings is 2. The smallest absolute Gasteiger partial charge is 0.275 e. The maximum absolute atomic E-state index is 12.2. The maximum Gasteiger partial charge on any atom is 0.275 e. The summed E-state index contributed by atoms with van der Waals surface area (Å²) in [5.41, 5.74) is 4.70. The molecule has 0 atom stereocenters. The highest BCUT2D eigenvalue weighted by Crippen LogP contribution is 2.31. The number of aryl methyl sites for hydroxylation is 1. The molecule has 2 heterocycles. The van der Waals surface area contributed by atoms with E-state index in [2.05, 4.69) is 15.3 Å². The molecule has 5 nitrogen and oxygen atoms in total. The first-order valence-corrected chi connectivity index (χ1v) is 8.24. The van der Waals surface area contributed by atoms with Crippen molar-refractivity contribution < 1.29 is 9.90 Å². The third-order valence-electron chi connectivity index (χ3n) is 3.76. The van der Waals surface area contributed by atoms with Crippen LogP contribution in [-0.2, 0) is 4.79 Å². The number of thiazole rings is 1. The summed E-state index contributed by atoms with van der Waals surface area (Å²) in [4.78, 5) is 21.1. The Kier molecular flexibility index (Phi) is 3.39. The van der Waals surface area contributed by atoms with Gasteiger partial charge in [-0.3, -0.25) is 4.79 Å². The molecule has 0 aliphatic carbocycles. The predicted molar refractivity (Wildman–Crippen MR) is 95.2 cm³/mol. The minimum absolute atomic E-state index is 0.211. The number of hydrogen-bond donors (Lipinski definition) is 2. The molecule has 1 aliphatic rings. The summed E-state index contributed by atoms with van der Waals surface area (Å²) in [5, 5.41) is 14.6. The normalized spacial score (nSPS) is 14.7. The molecule has 0 fully saturated rings. The van der Waals surface area contributed by atoms with Crippen molar-refractivity contribution in [1.82, 2.24) is 4.98 Å². The fourth-order valence-electron chi connectivity index (χ4n) is 2.55. The number of carbonyl (C=O) groups excluding carboxylic acids is 1. The third kappa shape index (κ3) is 2.57. The molecule has 118 valence electrons. The SMILES string of the molecule is Cc1ccc2c(c1)/C(=N/c1nc(-c3ccc(O)cc3)cs1)C(=O)N2. The van der Waals surface area contributed by atoms with Crippen LogP contribution in [0.25, 0.3) is 11.3 Å². The lowest BCUT2D eigenvalue weighted by molar-refractivity contribution is -0.110. The monoisotopic (exact) mass is 335 g/mol. The van der Waals surface area contributed by atoms with Gasteiger partial charge in [-0.1, -0.05) is 11.6 Å². The molecule has 6 heteroatoms. The lowest BCUT2D eigenvalue weighted by Crippen LogP contribution is -2.13. The van der Waals surface area contributed by atoms with Crippen molar-refractivity contribution in [3.8, 4) is 17.0 Å².